The van der Waals surface area contributed by atoms with Crippen LogP contribution in [0.3, 0.4) is 0 Å². The Kier molecular flexibility index (Phi) is 3.33. The van der Waals surface area contributed by atoms with Gasteiger partial charge in [0.2, 0.25) is 0 Å². The Morgan fingerprint density at radius 2 is 2.33 bits per heavy atom. The standard InChI is InChI=1S/C11H21N/c1-4-11(7-5-9-12-11)8-6-10(2)3/h12H,2,4-9H2,1,3H3. The van der Waals surface area contributed by atoms with Gasteiger partial charge in [-0.3, -0.25) is 0 Å². The van der Waals surface area contributed by atoms with Crippen LogP contribution in [0.5, 0.6) is 0 Å². The molecule has 0 aromatic heterocycles. The lowest BCUT2D eigenvalue weighted by Gasteiger charge is -2.28. The van der Waals surface area contributed by atoms with Crippen molar-refractivity contribution in [2.75, 3.05) is 6.54 Å². The molecule has 0 amide bonds. The highest BCUT2D eigenvalue weighted by Crippen LogP contribution is 2.28. The molecule has 1 atom stereocenters. The lowest BCUT2D eigenvalue weighted by Crippen LogP contribution is -2.38. The van der Waals surface area contributed by atoms with Crippen LogP contribution in [0, 0.1) is 0 Å². The molecular formula is C11H21N. The van der Waals surface area contributed by atoms with E-state index in [9.17, 15) is 0 Å². The van der Waals surface area contributed by atoms with E-state index >= 15 is 0 Å². The van der Waals surface area contributed by atoms with Crippen LogP contribution in [0.1, 0.15) is 46.0 Å². The smallest absolute Gasteiger partial charge is 0.0182 e. The first-order chi connectivity index (χ1) is 5.68. The van der Waals surface area contributed by atoms with E-state index in [-0.39, 0.29) is 0 Å². The number of hydrogen-bond donors (Lipinski definition) is 1. The van der Waals surface area contributed by atoms with E-state index in [0.717, 1.165) is 0 Å². The quantitative estimate of drug-likeness (QED) is 0.635. The minimum absolute atomic E-state index is 0.457. The van der Waals surface area contributed by atoms with Crippen LogP contribution in [0.2, 0.25) is 0 Å². The molecule has 0 radical (unpaired) electrons. The maximum atomic E-state index is 3.95. The Morgan fingerprint density at radius 3 is 2.75 bits per heavy atom. The summed E-state index contributed by atoms with van der Waals surface area (Å²) in [6.45, 7) is 9.58. The zero-order valence-electron chi connectivity index (χ0n) is 8.45. The topological polar surface area (TPSA) is 12.0 Å². The van der Waals surface area contributed by atoms with Gasteiger partial charge in [-0.1, -0.05) is 12.5 Å². The summed E-state index contributed by atoms with van der Waals surface area (Å²) in [5.74, 6) is 0. The lowest BCUT2D eigenvalue weighted by molar-refractivity contribution is 0.336. The largest absolute Gasteiger partial charge is 0.311 e. The molecule has 0 aromatic rings. The fourth-order valence-corrected chi connectivity index (χ4v) is 2.01. The van der Waals surface area contributed by atoms with Crippen LogP contribution in [0.25, 0.3) is 0 Å². The van der Waals surface area contributed by atoms with Crippen molar-refractivity contribution in [3.63, 3.8) is 0 Å². The van der Waals surface area contributed by atoms with Crippen molar-refractivity contribution in [3.8, 4) is 0 Å². The third-order valence-electron chi connectivity index (χ3n) is 3.04. The summed E-state index contributed by atoms with van der Waals surface area (Å²) in [6, 6.07) is 0. The first-order valence-electron chi connectivity index (χ1n) is 5.08. The Hall–Kier alpha value is -0.300. The van der Waals surface area contributed by atoms with E-state index in [1.807, 2.05) is 0 Å². The molecule has 70 valence electrons. The SMILES string of the molecule is C=C(C)CCC1(CC)CCCN1. The van der Waals surface area contributed by atoms with Crippen molar-refractivity contribution >= 4 is 0 Å². The van der Waals surface area contributed by atoms with Crippen molar-refractivity contribution < 1.29 is 0 Å². The van der Waals surface area contributed by atoms with Crippen LogP contribution >= 0.6 is 0 Å². The van der Waals surface area contributed by atoms with E-state index in [4.69, 9.17) is 0 Å². The second-order valence-electron chi connectivity index (χ2n) is 4.12. The van der Waals surface area contributed by atoms with Crippen molar-refractivity contribution in [3.05, 3.63) is 12.2 Å². The zero-order chi connectivity index (χ0) is 9.03. The highest BCUT2D eigenvalue weighted by Gasteiger charge is 2.30. The third kappa shape index (κ3) is 2.34. The molecule has 0 aliphatic carbocycles. The van der Waals surface area contributed by atoms with Crippen molar-refractivity contribution in [1.82, 2.24) is 5.32 Å². The summed E-state index contributed by atoms with van der Waals surface area (Å²) in [7, 11) is 0. The number of nitrogens with one attached hydrogen (secondary N) is 1. The molecule has 1 fully saturated rings. The summed E-state index contributed by atoms with van der Waals surface area (Å²) in [5.41, 5.74) is 1.77. The minimum Gasteiger partial charge on any atom is -0.311 e. The van der Waals surface area contributed by atoms with Gasteiger partial charge in [-0.05, 0) is 45.6 Å². The van der Waals surface area contributed by atoms with Crippen molar-refractivity contribution in [1.29, 1.82) is 0 Å². The van der Waals surface area contributed by atoms with E-state index in [1.54, 1.807) is 0 Å². The lowest BCUT2D eigenvalue weighted by atomic mass is 9.88. The molecule has 0 spiro atoms. The average molecular weight is 167 g/mol. The van der Waals surface area contributed by atoms with Crippen molar-refractivity contribution in [2.45, 2.75) is 51.5 Å². The molecule has 1 rings (SSSR count). The second kappa shape index (κ2) is 4.08. The molecule has 1 heteroatoms. The maximum Gasteiger partial charge on any atom is 0.0182 e. The molecular weight excluding hydrogens is 146 g/mol. The Balaban J connectivity index is 2.39. The van der Waals surface area contributed by atoms with Gasteiger partial charge in [0.15, 0.2) is 0 Å². The van der Waals surface area contributed by atoms with Crippen LogP contribution < -0.4 is 5.32 Å². The van der Waals surface area contributed by atoms with Gasteiger partial charge < -0.3 is 5.32 Å². The summed E-state index contributed by atoms with van der Waals surface area (Å²) < 4.78 is 0. The van der Waals surface area contributed by atoms with Crippen LogP contribution in [0.4, 0.5) is 0 Å². The first-order valence-corrected chi connectivity index (χ1v) is 5.08. The monoisotopic (exact) mass is 167 g/mol. The van der Waals surface area contributed by atoms with E-state index in [1.165, 1.54) is 44.2 Å². The molecule has 12 heavy (non-hydrogen) atoms. The Bertz CT molecular complexity index is 154. The molecule has 0 bridgehead atoms. The molecule has 0 saturated carbocycles. The van der Waals surface area contributed by atoms with E-state index in [0.29, 0.717) is 5.54 Å². The molecule has 1 nitrogen and oxygen atoms in total. The van der Waals surface area contributed by atoms with Crippen LogP contribution in [-0.4, -0.2) is 12.1 Å². The van der Waals surface area contributed by atoms with Gasteiger partial charge >= 0.3 is 0 Å². The molecule has 1 heterocycles. The number of rotatable bonds is 4. The second-order valence-corrected chi connectivity index (χ2v) is 4.12. The Morgan fingerprint density at radius 1 is 1.58 bits per heavy atom. The molecule has 1 unspecified atom stereocenters. The fraction of sp³-hybridized carbons (Fsp3) is 0.818. The van der Waals surface area contributed by atoms with Gasteiger partial charge in [-0.2, -0.15) is 0 Å². The number of hydrogen-bond acceptors (Lipinski definition) is 1. The normalized spacial score (nSPS) is 29.2. The van der Waals surface area contributed by atoms with Gasteiger partial charge in [0, 0.05) is 5.54 Å². The zero-order valence-corrected chi connectivity index (χ0v) is 8.45. The highest BCUT2D eigenvalue weighted by molar-refractivity contribution is 4.97. The maximum absolute atomic E-state index is 3.95. The summed E-state index contributed by atoms with van der Waals surface area (Å²) in [4.78, 5) is 0. The molecule has 1 saturated heterocycles. The van der Waals surface area contributed by atoms with Gasteiger partial charge in [-0.15, -0.1) is 6.58 Å². The Labute approximate surface area is 76.2 Å². The molecule has 0 aromatic carbocycles. The minimum atomic E-state index is 0.457. The molecule has 1 aliphatic heterocycles. The van der Waals surface area contributed by atoms with Gasteiger partial charge in [-0.25, -0.2) is 0 Å². The van der Waals surface area contributed by atoms with Crippen LogP contribution in [-0.2, 0) is 0 Å². The third-order valence-corrected chi connectivity index (χ3v) is 3.04. The summed E-state index contributed by atoms with van der Waals surface area (Å²) >= 11 is 0. The predicted octanol–water partition coefficient (Wildman–Crippen LogP) is 2.87. The number of allylic oxidation sites excluding steroid dienone is 1. The average Bonchev–Trinajstić information content (AvgIpc) is 2.50. The molecule has 1 aliphatic rings. The molecule has 1 N–H and O–H groups in total. The summed E-state index contributed by atoms with van der Waals surface area (Å²) in [6.07, 6.45) is 6.43. The van der Waals surface area contributed by atoms with E-state index in [2.05, 4.69) is 25.7 Å². The highest BCUT2D eigenvalue weighted by atomic mass is 15.0. The van der Waals surface area contributed by atoms with Crippen molar-refractivity contribution in [2.24, 2.45) is 0 Å². The van der Waals surface area contributed by atoms with Gasteiger partial charge in [0.1, 0.15) is 0 Å². The fourth-order valence-electron chi connectivity index (χ4n) is 2.01. The predicted molar refractivity (Wildman–Crippen MR) is 54.3 cm³/mol. The van der Waals surface area contributed by atoms with E-state index < -0.39 is 0 Å². The first kappa shape index (κ1) is 9.79. The van der Waals surface area contributed by atoms with Crippen LogP contribution in [0.15, 0.2) is 12.2 Å². The van der Waals surface area contributed by atoms with Gasteiger partial charge in [0.25, 0.3) is 0 Å². The summed E-state index contributed by atoms with van der Waals surface area (Å²) in [5, 5.41) is 3.63. The van der Waals surface area contributed by atoms with Gasteiger partial charge in [0.05, 0.1) is 0 Å².